The summed E-state index contributed by atoms with van der Waals surface area (Å²) < 4.78 is 10.0. The Morgan fingerprint density at radius 2 is 1.80 bits per heavy atom. The molecular formula is C12H15N3O5. The van der Waals surface area contributed by atoms with E-state index in [9.17, 15) is 9.59 Å². The predicted molar refractivity (Wildman–Crippen MR) is 66.8 cm³/mol. The molecule has 1 aliphatic carbocycles. The highest BCUT2D eigenvalue weighted by Gasteiger charge is 2.36. The van der Waals surface area contributed by atoms with E-state index in [1.807, 2.05) is 0 Å². The molecule has 2 N–H and O–H groups in total. The molecule has 1 fully saturated rings. The third-order valence-corrected chi connectivity index (χ3v) is 3.21. The highest BCUT2D eigenvalue weighted by Crippen LogP contribution is 2.29. The first kappa shape index (κ1) is 14.0. The van der Waals surface area contributed by atoms with Gasteiger partial charge in [-0.05, 0) is 12.8 Å². The molecule has 1 aromatic heterocycles. The fourth-order valence-electron chi connectivity index (χ4n) is 2.05. The zero-order chi connectivity index (χ0) is 14.7. The standard InChI is InChI=1S/C12H15N3O5/c1-19-10-8(11(20-2)14-5-13-10)9(16)15-7-3-6(4-7)12(17)18/h5-7H,3-4H2,1-2H3,(H,15,16)(H,17,18). The van der Waals surface area contributed by atoms with Crippen molar-refractivity contribution in [2.75, 3.05) is 14.2 Å². The fourth-order valence-corrected chi connectivity index (χ4v) is 2.05. The number of carboxylic acid groups (broad SMARTS) is 1. The molecule has 1 heterocycles. The molecule has 0 unspecified atom stereocenters. The average Bonchev–Trinajstić information content (AvgIpc) is 2.40. The van der Waals surface area contributed by atoms with Gasteiger partial charge in [-0.1, -0.05) is 0 Å². The number of nitrogens with zero attached hydrogens (tertiary/aromatic N) is 2. The van der Waals surface area contributed by atoms with Crippen LogP contribution in [0.2, 0.25) is 0 Å². The summed E-state index contributed by atoms with van der Waals surface area (Å²) in [6, 6.07) is -0.168. The van der Waals surface area contributed by atoms with Crippen molar-refractivity contribution < 1.29 is 24.2 Å². The predicted octanol–water partition coefficient (Wildman–Crippen LogP) is 0.0868. The molecule has 0 bridgehead atoms. The van der Waals surface area contributed by atoms with Crippen LogP contribution in [-0.4, -0.2) is 47.2 Å². The Morgan fingerprint density at radius 1 is 1.25 bits per heavy atom. The first-order valence-corrected chi connectivity index (χ1v) is 6.03. The molecule has 0 atom stereocenters. The molecule has 0 radical (unpaired) electrons. The number of nitrogens with one attached hydrogen (secondary N) is 1. The number of carboxylic acids is 1. The van der Waals surface area contributed by atoms with E-state index >= 15 is 0 Å². The van der Waals surface area contributed by atoms with E-state index in [0.29, 0.717) is 12.8 Å². The molecule has 8 nitrogen and oxygen atoms in total. The summed E-state index contributed by atoms with van der Waals surface area (Å²) in [7, 11) is 2.78. The van der Waals surface area contributed by atoms with Gasteiger partial charge in [0.2, 0.25) is 11.8 Å². The number of hydrogen-bond donors (Lipinski definition) is 2. The molecule has 0 aromatic carbocycles. The lowest BCUT2D eigenvalue weighted by atomic mass is 9.80. The molecule has 0 aliphatic heterocycles. The Kier molecular flexibility index (Phi) is 4.02. The lowest BCUT2D eigenvalue weighted by Crippen LogP contribution is -2.46. The maximum Gasteiger partial charge on any atom is 0.306 e. The molecule has 20 heavy (non-hydrogen) atoms. The second-order valence-electron chi connectivity index (χ2n) is 4.44. The maximum atomic E-state index is 12.2. The molecule has 108 valence electrons. The Balaban J connectivity index is 2.08. The SMILES string of the molecule is COc1ncnc(OC)c1C(=O)NC1CC(C(=O)O)C1. The number of carbonyl (C=O) groups excluding carboxylic acids is 1. The summed E-state index contributed by atoms with van der Waals surface area (Å²) in [5.74, 6) is -1.44. The number of aliphatic carboxylic acids is 1. The van der Waals surface area contributed by atoms with E-state index in [1.165, 1.54) is 20.5 Å². The van der Waals surface area contributed by atoms with Gasteiger partial charge in [-0.25, -0.2) is 9.97 Å². The zero-order valence-corrected chi connectivity index (χ0v) is 11.1. The first-order valence-electron chi connectivity index (χ1n) is 6.03. The van der Waals surface area contributed by atoms with Gasteiger partial charge in [0.15, 0.2) is 5.56 Å². The van der Waals surface area contributed by atoms with E-state index in [4.69, 9.17) is 14.6 Å². The lowest BCUT2D eigenvalue weighted by molar-refractivity contribution is -0.145. The summed E-state index contributed by atoms with van der Waals surface area (Å²) in [5.41, 5.74) is 0.108. The number of ether oxygens (including phenoxy) is 2. The minimum absolute atomic E-state index is 0.108. The van der Waals surface area contributed by atoms with Gasteiger partial charge in [0.05, 0.1) is 20.1 Å². The molecule has 0 saturated heterocycles. The summed E-state index contributed by atoms with van der Waals surface area (Å²) in [4.78, 5) is 30.6. The Labute approximate surface area is 115 Å². The van der Waals surface area contributed by atoms with Crippen molar-refractivity contribution in [3.8, 4) is 11.8 Å². The van der Waals surface area contributed by atoms with Gasteiger partial charge in [-0.3, -0.25) is 9.59 Å². The van der Waals surface area contributed by atoms with Gasteiger partial charge < -0.3 is 19.9 Å². The van der Waals surface area contributed by atoms with Crippen LogP contribution in [0.3, 0.4) is 0 Å². The van der Waals surface area contributed by atoms with Crippen LogP contribution in [0.5, 0.6) is 11.8 Å². The van der Waals surface area contributed by atoms with Gasteiger partial charge in [0.1, 0.15) is 6.33 Å². The zero-order valence-electron chi connectivity index (χ0n) is 11.1. The minimum atomic E-state index is -0.839. The highest BCUT2D eigenvalue weighted by atomic mass is 16.5. The molecule has 1 aromatic rings. The summed E-state index contributed by atoms with van der Waals surface area (Å²) in [5, 5.41) is 11.5. The van der Waals surface area contributed by atoms with Crippen LogP contribution in [0, 0.1) is 5.92 Å². The van der Waals surface area contributed by atoms with Crippen molar-refractivity contribution in [1.29, 1.82) is 0 Å². The minimum Gasteiger partial charge on any atom is -0.481 e. The molecule has 1 saturated carbocycles. The fraction of sp³-hybridized carbons (Fsp3) is 0.500. The first-order chi connectivity index (χ1) is 9.56. The van der Waals surface area contributed by atoms with Gasteiger partial charge in [-0.2, -0.15) is 0 Å². The highest BCUT2D eigenvalue weighted by molar-refractivity contribution is 5.98. The van der Waals surface area contributed by atoms with Crippen LogP contribution in [0.15, 0.2) is 6.33 Å². The van der Waals surface area contributed by atoms with Gasteiger partial charge in [-0.15, -0.1) is 0 Å². The molecule has 2 rings (SSSR count). The molecule has 1 aliphatic rings. The molecular weight excluding hydrogens is 266 g/mol. The quantitative estimate of drug-likeness (QED) is 0.786. The number of carbonyl (C=O) groups is 2. The summed E-state index contributed by atoms with van der Waals surface area (Å²) in [6.07, 6.45) is 2.07. The largest absolute Gasteiger partial charge is 0.481 e. The Morgan fingerprint density at radius 3 is 2.25 bits per heavy atom. The van der Waals surface area contributed by atoms with E-state index in [1.54, 1.807) is 0 Å². The maximum absolute atomic E-state index is 12.2. The van der Waals surface area contributed by atoms with E-state index < -0.39 is 17.8 Å². The summed E-state index contributed by atoms with van der Waals surface area (Å²) >= 11 is 0. The van der Waals surface area contributed by atoms with Crippen LogP contribution >= 0.6 is 0 Å². The van der Waals surface area contributed by atoms with Crippen LogP contribution in [0.4, 0.5) is 0 Å². The van der Waals surface area contributed by atoms with Crippen molar-refractivity contribution in [3.63, 3.8) is 0 Å². The Hall–Kier alpha value is -2.38. The van der Waals surface area contributed by atoms with Crippen LogP contribution in [0.25, 0.3) is 0 Å². The topological polar surface area (TPSA) is 111 Å². The van der Waals surface area contributed by atoms with Crippen molar-refractivity contribution in [1.82, 2.24) is 15.3 Å². The lowest BCUT2D eigenvalue weighted by Gasteiger charge is -2.32. The van der Waals surface area contributed by atoms with Crippen LogP contribution < -0.4 is 14.8 Å². The van der Waals surface area contributed by atoms with Crippen LogP contribution in [0.1, 0.15) is 23.2 Å². The van der Waals surface area contributed by atoms with Gasteiger partial charge in [0, 0.05) is 6.04 Å². The van der Waals surface area contributed by atoms with Crippen molar-refractivity contribution in [2.45, 2.75) is 18.9 Å². The number of amides is 1. The van der Waals surface area contributed by atoms with E-state index in [-0.39, 0.29) is 23.4 Å². The van der Waals surface area contributed by atoms with Gasteiger partial charge >= 0.3 is 5.97 Å². The summed E-state index contributed by atoms with van der Waals surface area (Å²) in [6.45, 7) is 0. The van der Waals surface area contributed by atoms with E-state index in [0.717, 1.165) is 0 Å². The van der Waals surface area contributed by atoms with Crippen molar-refractivity contribution in [3.05, 3.63) is 11.9 Å². The van der Waals surface area contributed by atoms with Crippen LogP contribution in [-0.2, 0) is 4.79 Å². The molecule has 8 heteroatoms. The smallest absolute Gasteiger partial charge is 0.306 e. The van der Waals surface area contributed by atoms with Gasteiger partial charge in [0.25, 0.3) is 5.91 Å². The second-order valence-corrected chi connectivity index (χ2v) is 4.44. The van der Waals surface area contributed by atoms with Crippen molar-refractivity contribution >= 4 is 11.9 Å². The second kappa shape index (κ2) is 5.72. The number of hydrogen-bond acceptors (Lipinski definition) is 6. The van der Waals surface area contributed by atoms with E-state index in [2.05, 4.69) is 15.3 Å². The molecule has 1 amide bonds. The molecule has 0 spiro atoms. The number of rotatable bonds is 5. The third-order valence-electron chi connectivity index (χ3n) is 3.21. The average molecular weight is 281 g/mol. The normalized spacial score (nSPS) is 20.7. The van der Waals surface area contributed by atoms with Crippen molar-refractivity contribution in [2.24, 2.45) is 5.92 Å². The Bertz CT molecular complexity index is 506. The number of aromatic nitrogens is 2. The monoisotopic (exact) mass is 281 g/mol. The third kappa shape index (κ3) is 2.63. The number of methoxy groups -OCH3 is 2.